The van der Waals surface area contributed by atoms with Crippen molar-refractivity contribution in [2.75, 3.05) is 59.0 Å². The van der Waals surface area contributed by atoms with E-state index in [0.29, 0.717) is 19.8 Å². The summed E-state index contributed by atoms with van der Waals surface area (Å²) in [6, 6.07) is 8.04. The van der Waals surface area contributed by atoms with Crippen LogP contribution in [0.1, 0.15) is 26.3 Å². The first-order valence-electron chi connectivity index (χ1n) is 10.2. The fraction of sp³-hybridized carbons (Fsp3) is 0.714. The van der Waals surface area contributed by atoms with Crippen molar-refractivity contribution >= 4 is 0 Å². The molecule has 154 valence electrons. The lowest BCUT2D eigenvalue weighted by atomic mass is 10.2. The number of aliphatic hydroxyl groups is 1. The van der Waals surface area contributed by atoms with Crippen molar-refractivity contribution in [3.05, 3.63) is 29.8 Å². The predicted octanol–water partition coefficient (Wildman–Crippen LogP) is 1.58. The Bertz CT molecular complexity index is 519. The van der Waals surface area contributed by atoms with Crippen LogP contribution in [0.3, 0.4) is 0 Å². The lowest BCUT2D eigenvalue weighted by Crippen LogP contribution is -2.49. The van der Waals surface area contributed by atoms with E-state index in [2.05, 4.69) is 28.1 Å². The van der Waals surface area contributed by atoms with E-state index >= 15 is 0 Å². The van der Waals surface area contributed by atoms with Crippen LogP contribution >= 0.6 is 0 Å². The number of piperazine rings is 1. The highest BCUT2D eigenvalue weighted by atomic mass is 16.5. The van der Waals surface area contributed by atoms with Crippen molar-refractivity contribution in [3.63, 3.8) is 0 Å². The summed E-state index contributed by atoms with van der Waals surface area (Å²) < 4.78 is 11.3. The van der Waals surface area contributed by atoms with Gasteiger partial charge in [-0.3, -0.25) is 4.90 Å². The summed E-state index contributed by atoms with van der Waals surface area (Å²) in [5.41, 5.74) is 1.17. The van der Waals surface area contributed by atoms with E-state index in [1.807, 2.05) is 32.0 Å². The van der Waals surface area contributed by atoms with Crippen LogP contribution in [0.25, 0.3) is 0 Å². The summed E-state index contributed by atoms with van der Waals surface area (Å²) in [6.45, 7) is 14.9. The molecule has 2 rings (SSSR count). The first-order valence-corrected chi connectivity index (χ1v) is 10.2. The van der Waals surface area contributed by atoms with Gasteiger partial charge in [-0.25, -0.2) is 0 Å². The average Bonchev–Trinajstić information content (AvgIpc) is 2.67. The molecule has 1 saturated heterocycles. The maximum Gasteiger partial charge on any atom is 0.119 e. The number of ether oxygens (including phenoxy) is 2. The standard InChI is InChI=1S/C21H37N3O3/c1-4-23-9-11-24(12-10-23)16-20(25)17-27-21-7-5-6-19(14-21)15-22-8-13-26-18(2)3/h5-7,14,18,20,22,25H,4,8-13,15-17H2,1-3H3/t20-/m1/s1. The van der Waals surface area contributed by atoms with Gasteiger partial charge in [0.1, 0.15) is 18.5 Å². The zero-order chi connectivity index (χ0) is 19.5. The Morgan fingerprint density at radius 2 is 1.89 bits per heavy atom. The third-order valence-electron chi connectivity index (χ3n) is 4.78. The molecule has 1 fully saturated rings. The van der Waals surface area contributed by atoms with E-state index in [-0.39, 0.29) is 6.10 Å². The van der Waals surface area contributed by atoms with Gasteiger partial charge in [0.25, 0.3) is 0 Å². The fourth-order valence-electron chi connectivity index (χ4n) is 3.18. The predicted molar refractivity (Wildman–Crippen MR) is 109 cm³/mol. The van der Waals surface area contributed by atoms with Gasteiger partial charge in [0.15, 0.2) is 0 Å². The minimum atomic E-state index is -0.465. The van der Waals surface area contributed by atoms with Gasteiger partial charge in [-0.2, -0.15) is 0 Å². The Kier molecular flexibility index (Phi) is 10.1. The Labute approximate surface area is 164 Å². The monoisotopic (exact) mass is 379 g/mol. The number of aliphatic hydroxyl groups excluding tert-OH is 1. The molecule has 1 heterocycles. The van der Waals surface area contributed by atoms with Gasteiger partial charge in [0.2, 0.25) is 0 Å². The second-order valence-corrected chi connectivity index (χ2v) is 7.44. The largest absolute Gasteiger partial charge is 0.491 e. The number of nitrogens with zero attached hydrogens (tertiary/aromatic N) is 2. The van der Waals surface area contributed by atoms with E-state index in [1.165, 1.54) is 5.56 Å². The van der Waals surface area contributed by atoms with Crippen LogP contribution in [0.5, 0.6) is 5.75 Å². The normalized spacial score (nSPS) is 17.4. The molecule has 0 aromatic heterocycles. The van der Waals surface area contributed by atoms with Gasteiger partial charge in [0.05, 0.1) is 12.7 Å². The first-order chi connectivity index (χ1) is 13.1. The topological polar surface area (TPSA) is 57.2 Å². The van der Waals surface area contributed by atoms with Gasteiger partial charge in [0, 0.05) is 45.8 Å². The van der Waals surface area contributed by atoms with E-state index in [9.17, 15) is 5.11 Å². The van der Waals surface area contributed by atoms with Gasteiger partial charge in [-0.1, -0.05) is 19.1 Å². The lowest BCUT2D eigenvalue weighted by Gasteiger charge is -2.34. The second kappa shape index (κ2) is 12.3. The number of nitrogens with one attached hydrogen (secondary N) is 1. The molecule has 27 heavy (non-hydrogen) atoms. The SMILES string of the molecule is CCN1CCN(C[C@@H](O)COc2cccc(CNCCOC(C)C)c2)CC1. The Morgan fingerprint density at radius 1 is 1.15 bits per heavy atom. The molecule has 6 nitrogen and oxygen atoms in total. The minimum absolute atomic E-state index is 0.269. The van der Waals surface area contributed by atoms with E-state index in [4.69, 9.17) is 9.47 Å². The number of β-amino-alcohol motifs (C(OH)–C–C–N with tert-alkyl or cyclic N) is 1. The Morgan fingerprint density at radius 3 is 2.59 bits per heavy atom. The molecular weight excluding hydrogens is 342 g/mol. The molecule has 2 N–H and O–H groups in total. The minimum Gasteiger partial charge on any atom is -0.491 e. The zero-order valence-corrected chi connectivity index (χ0v) is 17.2. The average molecular weight is 380 g/mol. The van der Waals surface area contributed by atoms with Crippen LogP contribution in [0, 0.1) is 0 Å². The summed E-state index contributed by atoms with van der Waals surface area (Å²) in [7, 11) is 0. The van der Waals surface area contributed by atoms with Crippen molar-refractivity contribution in [2.24, 2.45) is 0 Å². The summed E-state index contributed by atoms with van der Waals surface area (Å²) in [4.78, 5) is 4.76. The van der Waals surface area contributed by atoms with Crippen LogP contribution < -0.4 is 10.1 Å². The number of likely N-dealkylation sites (N-methyl/N-ethyl adjacent to an activating group) is 1. The molecule has 0 radical (unpaired) electrons. The van der Waals surface area contributed by atoms with Crippen molar-refractivity contribution in [1.82, 2.24) is 15.1 Å². The highest BCUT2D eigenvalue weighted by Gasteiger charge is 2.18. The molecule has 0 unspecified atom stereocenters. The maximum atomic E-state index is 10.3. The van der Waals surface area contributed by atoms with Crippen LogP contribution in [0.2, 0.25) is 0 Å². The smallest absolute Gasteiger partial charge is 0.119 e. The molecule has 6 heteroatoms. The molecule has 0 saturated carbocycles. The second-order valence-electron chi connectivity index (χ2n) is 7.44. The Balaban J connectivity index is 1.65. The van der Waals surface area contributed by atoms with E-state index in [0.717, 1.165) is 51.6 Å². The van der Waals surface area contributed by atoms with E-state index < -0.39 is 6.10 Å². The number of rotatable bonds is 12. The molecule has 0 bridgehead atoms. The van der Waals surface area contributed by atoms with Gasteiger partial charge < -0.3 is 24.8 Å². The molecule has 1 atom stereocenters. The quantitative estimate of drug-likeness (QED) is 0.538. The highest BCUT2D eigenvalue weighted by molar-refractivity contribution is 5.28. The maximum absolute atomic E-state index is 10.3. The van der Waals surface area contributed by atoms with Crippen molar-refractivity contribution in [1.29, 1.82) is 0 Å². The molecule has 0 spiro atoms. The van der Waals surface area contributed by atoms with E-state index in [1.54, 1.807) is 0 Å². The van der Waals surface area contributed by atoms with Crippen LogP contribution in [-0.4, -0.2) is 86.1 Å². The van der Waals surface area contributed by atoms with Crippen molar-refractivity contribution in [2.45, 2.75) is 39.5 Å². The summed E-state index contributed by atoms with van der Waals surface area (Å²) >= 11 is 0. The molecule has 1 aromatic carbocycles. The van der Waals surface area contributed by atoms with Crippen LogP contribution in [0.4, 0.5) is 0 Å². The molecule has 1 aliphatic rings. The molecule has 0 amide bonds. The molecule has 1 aliphatic heterocycles. The zero-order valence-electron chi connectivity index (χ0n) is 17.2. The summed E-state index contributed by atoms with van der Waals surface area (Å²) in [5.74, 6) is 0.808. The fourth-order valence-corrected chi connectivity index (χ4v) is 3.18. The van der Waals surface area contributed by atoms with Crippen LogP contribution in [0.15, 0.2) is 24.3 Å². The number of hydrogen-bond donors (Lipinski definition) is 2. The highest BCUT2D eigenvalue weighted by Crippen LogP contribution is 2.14. The molecule has 0 aliphatic carbocycles. The molecule has 1 aromatic rings. The molecular formula is C21H37N3O3. The number of benzene rings is 1. The van der Waals surface area contributed by atoms with Crippen molar-refractivity contribution in [3.8, 4) is 5.75 Å². The summed E-state index contributed by atoms with van der Waals surface area (Å²) in [5, 5.41) is 13.7. The summed E-state index contributed by atoms with van der Waals surface area (Å²) in [6.07, 6.45) is -0.196. The van der Waals surface area contributed by atoms with Crippen molar-refractivity contribution < 1.29 is 14.6 Å². The van der Waals surface area contributed by atoms with Gasteiger partial charge >= 0.3 is 0 Å². The van der Waals surface area contributed by atoms with Gasteiger partial charge in [-0.15, -0.1) is 0 Å². The third kappa shape index (κ3) is 9.04. The first kappa shape index (κ1) is 22.1. The van der Waals surface area contributed by atoms with Crippen LogP contribution in [-0.2, 0) is 11.3 Å². The van der Waals surface area contributed by atoms with Gasteiger partial charge in [-0.05, 0) is 38.1 Å². The number of hydrogen-bond acceptors (Lipinski definition) is 6. The third-order valence-corrected chi connectivity index (χ3v) is 4.78. The Hall–Kier alpha value is -1.18. The lowest BCUT2D eigenvalue weighted by molar-refractivity contribution is 0.0471.